The van der Waals surface area contributed by atoms with Crippen molar-refractivity contribution in [2.45, 2.75) is 6.18 Å². The molecule has 0 fully saturated rings. The molecule has 0 aliphatic carbocycles. The van der Waals surface area contributed by atoms with Crippen LogP contribution >= 0.6 is 0 Å². The van der Waals surface area contributed by atoms with E-state index in [1.54, 1.807) is 0 Å². The summed E-state index contributed by atoms with van der Waals surface area (Å²) in [5.74, 6) is 5.02. The largest absolute Gasteiger partial charge is 0.418 e. The third kappa shape index (κ3) is 1.99. The van der Waals surface area contributed by atoms with Crippen LogP contribution in [0.5, 0.6) is 0 Å². The fraction of sp³-hybridized carbons (Fsp3) is 0.143. The molecule has 1 rings (SSSR count). The van der Waals surface area contributed by atoms with Crippen LogP contribution in [-0.2, 0) is 11.0 Å². The second kappa shape index (κ2) is 3.62. The predicted molar refractivity (Wildman–Crippen MR) is 42.0 cm³/mol. The molecule has 1 aromatic heterocycles. The lowest BCUT2D eigenvalue weighted by Gasteiger charge is -2.16. The van der Waals surface area contributed by atoms with Gasteiger partial charge in [-0.05, 0) is 6.07 Å². The van der Waals surface area contributed by atoms with E-state index in [-0.39, 0.29) is 6.41 Å². The van der Waals surface area contributed by atoms with Crippen molar-refractivity contribution < 1.29 is 18.0 Å². The Bertz CT molecular complexity index is 339. The standard InChI is InChI=1S/C7H6F3N3O/c8-7(9,10)5-1-2-12-3-6(5)13(11)4-14/h1-4H,11H2. The monoisotopic (exact) mass is 205 g/mol. The van der Waals surface area contributed by atoms with Crippen LogP contribution in [0.15, 0.2) is 18.5 Å². The van der Waals surface area contributed by atoms with Crippen molar-refractivity contribution in [2.24, 2.45) is 5.84 Å². The minimum absolute atomic E-state index is 0.0756. The number of alkyl halides is 3. The number of nitrogens with two attached hydrogens (primary N) is 1. The Labute approximate surface area is 77.1 Å². The van der Waals surface area contributed by atoms with Gasteiger partial charge in [-0.2, -0.15) is 13.2 Å². The second-order valence-corrected chi connectivity index (χ2v) is 2.40. The van der Waals surface area contributed by atoms with E-state index in [4.69, 9.17) is 5.84 Å². The van der Waals surface area contributed by atoms with Gasteiger partial charge in [-0.3, -0.25) is 9.78 Å². The predicted octanol–water partition coefficient (Wildman–Crippen LogP) is 0.937. The quantitative estimate of drug-likeness (QED) is 0.338. The van der Waals surface area contributed by atoms with E-state index in [1.807, 2.05) is 0 Å². The lowest BCUT2D eigenvalue weighted by molar-refractivity contribution is -0.137. The molecule has 0 aromatic carbocycles. The van der Waals surface area contributed by atoms with Crippen LogP contribution in [0.3, 0.4) is 0 Å². The molecule has 1 amide bonds. The van der Waals surface area contributed by atoms with Gasteiger partial charge >= 0.3 is 6.18 Å². The first-order valence-electron chi connectivity index (χ1n) is 3.47. The number of anilines is 1. The molecular formula is C7H6F3N3O. The Hall–Kier alpha value is -1.63. The molecule has 0 saturated carbocycles. The molecule has 0 aliphatic rings. The van der Waals surface area contributed by atoms with Gasteiger partial charge in [0.15, 0.2) is 0 Å². The van der Waals surface area contributed by atoms with E-state index >= 15 is 0 Å². The van der Waals surface area contributed by atoms with Crippen LogP contribution in [0, 0.1) is 0 Å². The molecular weight excluding hydrogens is 199 g/mol. The van der Waals surface area contributed by atoms with Gasteiger partial charge in [0, 0.05) is 6.20 Å². The number of hydrazine groups is 1. The Balaban J connectivity index is 3.22. The summed E-state index contributed by atoms with van der Waals surface area (Å²) in [6, 6.07) is 0.749. The van der Waals surface area contributed by atoms with Crippen molar-refractivity contribution >= 4 is 12.1 Å². The first-order valence-corrected chi connectivity index (χ1v) is 3.47. The van der Waals surface area contributed by atoms with Gasteiger partial charge in [0.25, 0.3) is 0 Å². The summed E-state index contributed by atoms with van der Waals surface area (Å²) in [6.07, 6.45) is -2.63. The van der Waals surface area contributed by atoms with E-state index in [0.717, 1.165) is 18.5 Å². The molecule has 0 unspecified atom stereocenters. The van der Waals surface area contributed by atoms with Crippen LogP contribution in [0.1, 0.15) is 5.56 Å². The summed E-state index contributed by atoms with van der Waals surface area (Å²) in [4.78, 5) is 13.6. The third-order valence-electron chi connectivity index (χ3n) is 1.50. The highest BCUT2D eigenvalue weighted by molar-refractivity contribution is 5.75. The average molecular weight is 205 g/mol. The van der Waals surface area contributed by atoms with E-state index in [9.17, 15) is 18.0 Å². The maximum Gasteiger partial charge on any atom is 0.418 e. The number of carbonyl (C=O) groups is 1. The Morgan fingerprint density at radius 3 is 2.64 bits per heavy atom. The first-order chi connectivity index (χ1) is 6.46. The van der Waals surface area contributed by atoms with Crippen LogP contribution < -0.4 is 10.9 Å². The van der Waals surface area contributed by atoms with Crippen molar-refractivity contribution in [1.82, 2.24) is 4.98 Å². The Kier molecular flexibility index (Phi) is 2.70. The molecule has 7 heteroatoms. The Morgan fingerprint density at radius 2 is 2.14 bits per heavy atom. The molecule has 0 bridgehead atoms. The van der Waals surface area contributed by atoms with Crippen molar-refractivity contribution in [2.75, 3.05) is 5.01 Å². The molecule has 14 heavy (non-hydrogen) atoms. The average Bonchev–Trinajstić information content (AvgIpc) is 2.15. The molecule has 0 aliphatic heterocycles. The summed E-state index contributed by atoms with van der Waals surface area (Å²) in [7, 11) is 0. The normalized spacial score (nSPS) is 11.1. The van der Waals surface area contributed by atoms with Gasteiger partial charge in [0.1, 0.15) is 0 Å². The highest BCUT2D eigenvalue weighted by Crippen LogP contribution is 2.34. The van der Waals surface area contributed by atoms with Gasteiger partial charge < -0.3 is 0 Å². The minimum Gasteiger partial charge on any atom is -0.277 e. The molecule has 1 heterocycles. The smallest absolute Gasteiger partial charge is 0.277 e. The number of aromatic nitrogens is 1. The number of rotatable bonds is 2. The topological polar surface area (TPSA) is 59.2 Å². The molecule has 0 saturated heterocycles. The molecule has 4 nitrogen and oxygen atoms in total. The van der Waals surface area contributed by atoms with Gasteiger partial charge in [0.2, 0.25) is 6.41 Å². The maximum atomic E-state index is 12.3. The molecule has 76 valence electrons. The van der Waals surface area contributed by atoms with Crippen molar-refractivity contribution in [1.29, 1.82) is 0 Å². The van der Waals surface area contributed by atoms with Crippen molar-refractivity contribution in [3.8, 4) is 0 Å². The Morgan fingerprint density at radius 1 is 1.50 bits per heavy atom. The lowest BCUT2D eigenvalue weighted by atomic mass is 10.2. The van der Waals surface area contributed by atoms with E-state index in [1.165, 1.54) is 0 Å². The van der Waals surface area contributed by atoms with E-state index < -0.39 is 17.4 Å². The lowest BCUT2D eigenvalue weighted by Crippen LogP contribution is -2.31. The van der Waals surface area contributed by atoms with Gasteiger partial charge in [-0.1, -0.05) is 0 Å². The zero-order chi connectivity index (χ0) is 10.8. The molecule has 0 atom stereocenters. The number of amides is 1. The van der Waals surface area contributed by atoms with Crippen LogP contribution in [0.25, 0.3) is 0 Å². The summed E-state index contributed by atoms with van der Waals surface area (Å²) >= 11 is 0. The number of halogens is 3. The van der Waals surface area contributed by atoms with Crippen LogP contribution in [0.4, 0.5) is 18.9 Å². The third-order valence-corrected chi connectivity index (χ3v) is 1.50. The fourth-order valence-electron chi connectivity index (χ4n) is 0.888. The number of carbonyl (C=O) groups excluding carboxylic acids is 1. The minimum atomic E-state index is -4.56. The number of pyridine rings is 1. The first kappa shape index (κ1) is 10.5. The molecule has 0 spiro atoms. The fourth-order valence-corrected chi connectivity index (χ4v) is 0.888. The summed E-state index contributed by atoms with van der Waals surface area (Å²) in [5, 5.41) is 0.329. The highest BCUT2D eigenvalue weighted by Gasteiger charge is 2.34. The van der Waals surface area contributed by atoms with Gasteiger partial charge in [-0.25, -0.2) is 10.9 Å². The van der Waals surface area contributed by atoms with Crippen LogP contribution in [0.2, 0.25) is 0 Å². The molecule has 1 aromatic rings. The summed E-state index contributed by atoms with van der Waals surface area (Å²) < 4.78 is 37.0. The highest BCUT2D eigenvalue weighted by atomic mass is 19.4. The molecule has 0 radical (unpaired) electrons. The number of nitrogens with zero attached hydrogens (tertiary/aromatic N) is 2. The number of hydrogen-bond donors (Lipinski definition) is 1. The zero-order valence-corrected chi connectivity index (χ0v) is 6.82. The number of hydrogen-bond acceptors (Lipinski definition) is 3. The van der Waals surface area contributed by atoms with E-state index in [2.05, 4.69) is 4.98 Å². The van der Waals surface area contributed by atoms with Crippen molar-refractivity contribution in [3.05, 3.63) is 24.0 Å². The van der Waals surface area contributed by atoms with Gasteiger partial charge in [0.05, 0.1) is 17.4 Å². The second-order valence-electron chi connectivity index (χ2n) is 2.40. The van der Waals surface area contributed by atoms with Crippen molar-refractivity contribution in [3.63, 3.8) is 0 Å². The maximum absolute atomic E-state index is 12.3. The molecule has 2 N–H and O–H groups in total. The van der Waals surface area contributed by atoms with E-state index in [0.29, 0.717) is 5.01 Å². The van der Waals surface area contributed by atoms with Gasteiger partial charge in [-0.15, -0.1) is 0 Å². The van der Waals surface area contributed by atoms with Crippen LogP contribution in [-0.4, -0.2) is 11.4 Å². The SMILES string of the molecule is NN(C=O)c1cnccc1C(F)(F)F. The zero-order valence-electron chi connectivity index (χ0n) is 6.82. The summed E-state index contributed by atoms with van der Waals surface area (Å²) in [6.45, 7) is 0. The summed E-state index contributed by atoms with van der Waals surface area (Å²) in [5.41, 5.74) is -1.47.